The summed E-state index contributed by atoms with van der Waals surface area (Å²) in [6.07, 6.45) is 2.42. The summed E-state index contributed by atoms with van der Waals surface area (Å²) in [4.78, 5) is 2.54. The fourth-order valence-corrected chi connectivity index (χ4v) is 4.99. The molecule has 2 heteroatoms. The highest BCUT2D eigenvalue weighted by molar-refractivity contribution is 5.44. The van der Waals surface area contributed by atoms with Gasteiger partial charge < -0.3 is 10.0 Å². The fourth-order valence-electron chi connectivity index (χ4n) is 4.99. The molecular weight excluding hydrogens is 318 g/mol. The van der Waals surface area contributed by atoms with Gasteiger partial charge in [0, 0.05) is 13.9 Å². The lowest BCUT2D eigenvalue weighted by Crippen LogP contribution is -2.55. The Balaban J connectivity index is 0.00000210. The van der Waals surface area contributed by atoms with Gasteiger partial charge in [0.2, 0.25) is 0 Å². The van der Waals surface area contributed by atoms with E-state index in [2.05, 4.69) is 69.0 Å². The molecule has 0 amide bonds. The van der Waals surface area contributed by atoms with Crippen LogP contribution in [-0.4, -0.2) is 29.6 Å². The summed E-state index contributed by atoms with van der Waals surface area (Å²) < 4.78 is 0. The van der Waals surface area contributed by atoms with Crippen molar-refractivity contribution in [2.24, 2.45) is 11.8 Å². The van der Waals surface area contributed by atoms with Gasteiger partial charge in [-0.15, -0.1) is 0 Å². The third kappa shape index (κ3) is 2.80. The van der Waals surface area contributed by atoms with Crippen LogP contribution in [0.5, 0.6) is 0 Å². The smallest absolute Gasteiger partial charge is 0.119 e. The maximum Gasteiger partial charge on any atom is 0.119 e. The topological polar surface area (TPSA) is 23.5 Å². The molecule has 3 aliphatic rings. The highest BCUT2D eigenvalue weighted by Crippen LogP contribution is 2.47. The number of rotatable bonds is 3. The maximum absolute atomic E-state index is 12.3. The van der Waals surface area contributed by atoms with Crippen LogP contribution < -0.4 is 0 Å². The molecule has 1 atom stereocenters. The molecule has 0 radical (unpaired) electrons. The van der Waals surface area contributed by atoms with Crippen molar-refractivity contribution in [1.29, 1.82) is 0 Å². The second-order valence-corrected chi connectivity index (χ2v) is 8.61. The number of hydrogen-bond donors (Lipinski definition) is 1. The second-order valence-electron chi connectivity index (χ2n) is 8.61. The molecule has 5 rings (SSSR count). The Kier molecular flexibility index (Phi) is 4.45. The van der Waals surface area contributed by atoms with E-state index in [0.29, 0.717) is 5.92 Å². The van der Waals surface area contributed by atoms with Crippen LogP contribution in [-0.2, 0) is 5.60 Å². The van der Waals surface area contributed by atoms with Gasteiger partial charge >= 0.3 is 0 Å². The third-order valence-electron chi connectivity index (χ3n) is 7.09. The molecule has 0 aliphatic carbocycles. The molecule has 3 heterocycles. The number of nitrogens with zero attached hydrogens (tertiary/aromatic N) is 1. The molecule has 2 nitrogen and oxygen atoms in total. The predicted octanol–water partition coefficient (Wildman–Crippen LogP) is 4.74. The Morgan fingerprint density at radius 1 is 0.846 bits per heavy atom. The van der Waals surface area contributed by atoms with Gasteiger partial charge in [0.05, 0.1) is 0 Å². The first-order chi connectivity index (χ1) is 12.4. The van der Waals surface area contributed by atoms with Crippen LogP contribution in [0, 0.1) is 39.5 Å². The van der Waals surface area contributed by atoms with E-state index >= 15 is 0 Å². The van der Waals surface area contributed by atoms with Gasteiger partial charge in [0.1, 0.15) is 5.60 Å². The van der Waals surface area contributed by atoms with Crippen molar-refractivity contribution in [3.8, 4) is 0 Å². The van der Waals surface area contributed by atoms with E-state index in [1.807, 2.05) is 0 Å². The predicted molar refractivity (Wildman–Crippen MR) is 110 cm³/mol. The average Bonchev–Trinajstić information content (AvgIpc) is 2.66. The van der Waals surface area contributed by atoms with Gasteiger partial charge in [-0.1, -0.05) is 36.4 Å². The van der Waals surface area contributed by atoms with Gasteiger partial charge in [0.25, 0.3) is 0 Å². The monoisotopic (exact) mass is 351 g/mol. The number of fused-ring (bicyclic) bond motifs is 3. The summed E-state index contributed by atoms with van der Waals surface area (Å²) in [5.41, 5.74) is 6.28. The Hall–Kier alpha value is -1.64. The van der Waals surface area contributed by atoms with Crippen molar-refractivity contribution in [1.82, 2.24) is 4.90 Å². The minimum Gasteiger partial charge on any atom is -0.380 e. The Morgan fingerprint density at radius 2 is 1.35 bits per heavy atom. The number of aliphatic hydroxyl groups is 1. The number of benzene rings is 2. The normalized spacial score (nSPS) is 25.5. The van der Waals surface area contributed by atoms with E-state index in [0.717, 1.165) is 17.7 Å². The minimum atomic E-state index is -0.916. The molecule has 1 N–H and O–H groups in total. The molecule has 2 aromatic carbocycles. The van der Waals surface area contributed by atoms with E-state index in [-0.39, 0.29) is 7.34 Å². The molecule has 3 saturated heterocycles. The SMILES string of the molecule is Cc1ccc(C(O)(c2ccc(C)c(C)c2)C2CN3CCC2CC3)cc1C.[HH]. The summed E-state index contributed by atoms with van der Waals surface area (Å²) in [7, 11) is 0. The van der Waals surface area contributed by atoms with Crippen molar-refractivity contribution < 1.29 is 6.53 Å². The van der Waals surface area contributed by atoms with Gasteiger partial charge in [-0.3, -0.25) is 0 Å². The number of hydrogen-bond acceptors (Lipinski definition) is 2. The lowest BCUT2D eigenvalue weighted by atomic mass is 9.65. The quantitative estimate of drug-likeness (QED) is 0.863. The molecular formula is C24H33NO. The van der Waals surface area contributed by atoms with E-state index in [1.54, 1.807) is 0 Å². The summed E-state index contributed by atoms with van der Waals surface area (Å²) in [6, 6.07) is 13.0. The Labute approximate surface area is 159 Å². The van der Waals surface area contributed by atoms with E-state index in [4.69, 9.17) is 0 Å². The molecule has 3 fully saturated rings. The zero-order chi connectivity index (χ0) is 18.5. The molecule has 0 saturated carbocycles. The third-order valence-corrected chi connectivity index (χ3v) is 7.09. The number of aryl methyl sites for hydroxylation is 4. The van der Waals surface area contributed by atoms with E-state index < -0.39 is 5.60 Å². The van der Waals surface area contributed by atoms with E-state index in [9.17, 15) is 5.11 Å². The van der Waals surface area contributed by atoms with Crippen molar-refractivity contribution in [3.63, 3.8) is 0 Å². The molecule has 2 bridgehead atoms. The van der Waals surface area contributed by atoms with E-state index in [1.165, 1.54) is 48.2 Å². The maximum atomic E-state index is 12.3. The standard InChI is InChI=1S/C24H31NO.H2/c1-16-5-7-21(13-18(16)3)24(26,22-8-6-17(2)19(4)14-22)23-15-25-11-9-20(23)10-12-25;/h5-8,13-14,20,23,26H,9-12,15H2,1-4H3;1H. The molecule has 2 aromatic rings. The van der Waals surface area contributed by atoms with Crippen molar-refractivity contribution in [2.45, 2.75) is 46.1 Å². The molecule has 0 spiro atoms. The molecule has 3 aliphatic heterocycles. The Bertz CT molecular complexity index is 772. The molecule has 1 unspecified atom stereocenters. The average molecular weight is 352 g/mol. The fraction of sp³-hybridized carbons (Fsp3) is 0.500. The van der Waals surface area contributed by atoms with Gasteiger partial charge in [-0.2, -0.15) is 0 Å². The lowest BCUT2D eigenvalue weighted by Gasteiger charge is -2.51. The van der Waals surface area contributed by atoms with Gasteiger partial charge in [-0.25, -0.2) is 0 Å². The summed E-state index contributed by atoms with van der Waals surface area (Å²) >= 11 is 0. The first-order valence-corrected chi connectivity index (χ1v) is 10.00. The summed E-state index contributed by atoms with van der Waals surface area (Å²) in [5, 5.41) is 12.3. The molecule has 0 aromatic heterocycles. The number of piperidine rings is 3. The van der Waals surface area contributed by atoms with Crippen LogP contribution in [0.3, 0.4) is 0 Å². The largest absolute Gasteiger partial charge is 0.380 e. The van der Waals surface area contributed by atoms with Crippen molar-refractivity contribution in [3.05, 3.63) is 69.8 Å². The highest BCUT2D eigenvalue weighted by Gasteiger charge is 2.48. The molecule has 26 heavy (non-hydrogen) atoms. The Morgan fingerprint density at radius 3 is 1.73 bits per heavy atom. The molecule has 140 valence electrons. The summed E-state index contributed by atoms with van der Waals surface area (Å²) in [6.45, 7) is 12.0. The van der Waals surface area contributed by atoms with Crippen molar-refractivity contribution >= 4 is 0 Å². The van der Waals surface area contributed by atoms with Crippen LogP contribution in [0.4, 0.5) is 0 Å². The zero-order valence-electron chi connectivity index (χ0n) is 16.5. The minimum absolute atomic E-state index is 0. The van der Waals surface area contributed by atoms with Crippen LogP contribution in [0.1, 0.15) is 47.6 Å². The van der Waals surface area contributed by atoms with Crippen LogP contribution in [0.25, 0.3) is 0 Å². The van der Waals surface area contributed by atoms with Gasteiger partial charge in [-0.05, 0) is 92.9 Å². The highest BCUT2D eigenvalue weighted by atomic mass is 16.3. The van der Waals surface area contributed by atoms with Gasteiger partial charge in [0.15, 0.2) is 0 Å². The van der Waals surface area contributed by atoms with Crippen LogP contribution >= 0.6 is 0 Å². The van der Waals surface area contributed by atoms with Crippen LogP contribution in [0.15, 0.2) is 36.4 Å². The van der Waals surface area contributed by atoms with Crippen molar-refractivity contribution in [2.75, 3.05) is 19.6 Å². The second kappa shape index (κ2) is 6.51. The summed E-state index contributed by atoms with van der Waals surface area (Å²) in [5.74, 6) is 0.863. The first kappa shape index (κ1) is 17.8. The van der Waals surface area contributed by atoms with Crippen LogP contribution in [0.2, 0.25) is 0 Å². The first-order valence-electron chi connectivity index (χ1n) is 10.00. The zero-order valence-corrected chi connectivity index (χ0v) is 16.5. The lowest BCUT2D eigenvalue weighted by molar-refractivity contribution is -0.0764.